The van der Waals surface area contributed by atoms with Crippen LogP contribution in [0.4, 0.5) is 0 Å². The van der Waals surface area contributed by atoms with Crippen LogP contribution in [0.5, 0.6) is 0 Å². The molecule has 70 valence electrons. The molecular formula is C9H20N3+. The quantitative estimate of drug-likeness (QED) is 0.527. The average molecular weight is 170 g/mol. The lowest BCUT2D eigenvalue weighted by molar-refractivity contribution is -0.664. The van der Waals surface area contributed by atoms with Crippen LogP contribution in [0.1, 0.15) is 19.3 Å². The second kappa shape index (κ2) is 4.21. The van der Waals surface area contributed by atoms with Gasteiger partial charge in [0.05, 0.1) is 13.1 Å². The maximum Gasteiger partial charge on any atom is 0.0770 e. The lowest BCUT2D eigenvalue weighted by atomic mass is 10.0. The van der Waals surface area contributed by atoms with Crippen molar-refractivity contribution in [3.05, 3.63) is 0 Å². The van der Waals surface area contributed by atoms with Crippen LogP contribution in [0.3, 0.4) is 0 Å². The maximum atomic E-state index is 3.45. The molecule has 0 unspecified atom stereocenters. The molecule has 0 amide bonds. The summed E-state index contributed by atoms with van der Waals surface area (Å²) in [5.74, 6) is 0. The molecule has 0 saturated carbocycles. The Labute approximate surface area is 74.5 Å². The van der Waals surface area contributed by atoms with Crippen molar-refractivity contribution < 1.29 is 5.32 Å². The fourth-order valence-electron chi connectivity index (χ4n) is 2.29. The van der Waals surface area contributed by atoms with E-state index in [9.17, 15) is 0 Å². The Kier molecular flexibility index (Phi) is 2.98. The van der Waals surface area contributed by atoms with E-state index < -0.39 is 0 Å². The van der Waals surface area contributed by atoms with Gasteiger partial charge in [-0.15, -0.1) is 0 Å². The topological polar surface area (TPSA) is 31.9 Å². The van der Waals surface area contributed by atoms with Gasteiger partial charge in [-0.05, 0) is 13.0 Å². The first-order chi connectivity index (χ1) is 5.97. The first kappa shape index (κ1) is 8.48. The average Bonchev–Trinajstić information content (AvgIpc) is 2.21. The summed E-state index contributed by atoms with van der Waals surface area (Å²) in [5.41, 5.74) is 0. The van der Waals surface area contributed by atoms with Crippen molar-refractivity contribution in [3.63, 3.8) is 0 Å². The number of hydrogen-bond acceptors (Lipinski definition) is 2. The van der Waals surface area contributed by atoms with Crippen molar-refractivity contribution in [2.45, 2.75) is 25.3 Å². The van der Waals surface area contributed by atoms with E-state index >= 15 is 0 Å². The Balaban J connectivity index is 1.80. The molecule has 2 fully saturated rings. The largest absolute Gasteiger partial charge is 0.346 e. The van der Waals surface area contributed by atoms with Gasteiger partial charge in [0.2, 0.25) is 0 Å². The van der Waals surface area contributed by atoms with Crippen molar-refractivity contribution in [1.29, 1.82) is 0 Å². The zero-order valence-corrected chi connectivity index (χ0v) is 7.76. The van der Waals surface area contributed by atoms with Gasteiger partial charge in [0, 0.05) is 32.1 Å². The number of piperidine rings is 1. The minimum atomic E-state index is 0.878. The summed E-state index contributed by atoms with van der Waals surface area (Å²) in [5, 5.41) is 5.89. The molecule has 2 aliphatic heterocycles. The molecule has 0 spiro atoms. The molecule has 0 aromatic rings. The smallest absolute Gasteiger partial charge is 0.0770 e. The highest BCUT2D eigenvalue weighted by molar-refractivity contribution is 4.75. The SMILES string of the molecule is C1CNCN(C2CC[NH2+]CC2)C1. The fraction of sp³-hybridized carbons (Fsp3) is 1.00. The van der Waals surface area contributed by atoms with Gasteiger partial charge in [-0.1, -0.05) is 0 Å². The molecular weight excluding hydrogens is 150 g/mol. The van der Waals surface area contributed by atoms with E-state index in [-0.39, 0.29) is 0 Å². The summed E-state index contributed by atoms with van der Waals surface area (Å²) < 4.78 is 0. The third kappa shape index (κ3) is 1.97. The highest BCUT2D eigenvalue weighted by Gasteiger charge is 2.23. The first-order valence-electron chi connectivity index (χ1n) is 5.23. The number of hydrogen-bond donors (Lipinski definition) is 2. The van der Waals surface area contributed by atoms with Crippen LogP contribution in [0.15, 0.2) is 0 Å². The van der Waals surface area contributed by atoms with Crippen LogP contribution < -0.4 is 10.6 Å². The lowest BCUT2D eigenvalue weighted by Crippen LogP contribution is -2.87. The highest BCUT2D eigenvalue weighted by Crippen LogP contribution is 2.10. The van der Waals surface area contributed by atoms with Crippen LogP contribution in [-0.4, -0.2) is 43.8 Å². The number of nitrogens with zero attached hydrogens (tertiary/aromatic N) is 1. The van der Waals surface area contributed by atoms with Gasteiger partial charge in [-0.2, -0.15) is 0 Å². The van der Waals surface area contributed by atoms with Crippen LogP contribution >= 0.6 is 0 Å². The summed E-state index contributed by atoms with van der Waals surface area (Å²) in [4.78, 5) is 2.62. The number of quaternary nitrogens is 1. The second-order valence-electron chi connectivity index (χ2n) is 3.92. The van der Waals surface area contributed by atoms with E-state index in [0.29, 0.717) is 0 Å². The zero-order chi connectivity index (χ0) is 8.23. The van der Waals surface area contributed by atoms with E-state index in [1.165, 1.54) is 45.4 Å². The lowest BCUT2D eigenvalue weighted by Gasteiger charge is -2.36. The molecule has 2 aliphatic rings. The van der Waals surface area contributed by atoms with Crippen molar-refractivity contribution in [2.75, 3.05) is 32.8 Å². The molecule has 0 radical (unpaired) electrons. The molecule has 0 aromatic carbocycles. The third-order valence-electron chi connectivity index (χ3n) is 3.04. The van der Waals surface area contributed by atoms with E-state index in [1.807, 2.05) is 0 Å². The zero-order valence-electron chi connectivity index (χ0n) is 7.76. The number of nitrogens with one attached hydrogen (secondary N) is 1. The van der Waals surface area contributed by atoms with Crippen molar-refractivity contribution in [1.82, 2.24) is 10.2 Å². The fourth-order valence-corrected chi connectivity index (χ4v) is 2.29. The van der Waals surface area contributed by atoms with Gasteiger partial charge in [0.25, 0.3) is 0 Å². The van der Waals surface area contributed by atoms with Gasteiger partial charge in [-0.3, -0.25) is 4.90 Å². The molecule has 2 heterocycles. The van der Waals surface area contributed by atoms with Crippen molar-refractivity contribution in [3.8, 4) is 0 Å². The molecule has 3 N–H and O–H groups in total. The summed E-state index contributed by atoms with van der Waals surface area (Å²) in [6.07, 6.45) is 4.11. The molecule has 0 bridgehead atoms. The van der Waals surface area contributed by atoms with Gasteiger partial charge in [-0.25, -0.2) is 0 Å². The maximum absolute atomic E-state index is 3.45. The first-order valence-corrected chi connectivity index (χ1v) is 5.23. The van der Waals surface area contributed by atoms with Crippen LogP contribution in [-0.2, 0) is 0 Å². The predicted octanol–water partition coefficient (Wildman–Crippen LogP) is -1.03. The molecule has 12 heavy (non-hydrogen) atoms. The highest BCUT2D eigenvalue weighted by atomic mass is 15.3. The monoisotopic (exact) mass is 170 g/mol. The molecule has 2 saturated heterocycles. The molecule has 3 heteroatoms. The minimum Gasteiger partial charge on any atom is -0.346 e. The molecule has 0 atom stereocenters. The summed E-state index contributed by atoms with van der Waals surface area (Å²) in [6, 6.07) is 0.878. The Morgan fingerprint density at radius 3 is 2.75 bits per heavy atom. The summed E-state index contributed by atoms with van der Waals surface area (Å²) in [6.45, 7) is 6.33. The van der Waals surface area contributed by atoms with E-state index in [4.69, 9.17) is 0 Å². The molecule has 0 aromatic heterocycles. The standard InChI is InChI=1S/C9H19N3/c1-4-11-8-12(7-1)9-2-5-10-6-3-9/h9-11H,1-8H2/p+1. The molecule has 2 rings (SSSR count). The minimum absolute atomic E-state index is 0.878. The van der Waals surface area contributed by atoms with Gasteiger partial charge in [0.1, 0.15) is 0 Å². The summed E-state index contributed by atoms with van der Waals surface area (Å²) in [7, 11) is 0. The Morgan fingerprint density at radius 1 is 1.25 bits per heavy atom. The number of rotatable bonds is 1. The molecule has 3 nitrogen and oxygen atoms in total. The van der Waals surface area contributed by atoms with Crippen LogP contribution in [0, 0.1) is 0 Å². The van der Waals surface area contributed by atoms with E-state index in [2.05, 4.69) is 15.5 Å². The third-order valence-corrected chi connectivity index (χ3v) is 3.04. The van der Waals surface area contributed by atoms with Crippen LogP contribution in [0.2, 0.25) is 0 Å². The normalized spacial score (nSPS) is 29.0. The van der Waals surface area contributed by atoms with Gasteiger partial charge >= 0.3 is 0 Å². The second-order valence-corrected chi connectivity index (χ2v) is 3.92. The Hall–Kier alpha value is -0.120. The van der Waals surface area contributed by atoms with E-state index in [0.717, 1.165) is 12.7 Å². The number of nitrogens with two attached hydrogens (primary N) is 1. The Bertz CT molecular complexity index is 110. The van der Waals surface area contributed by atoms with E-state index in [1.54, 1.807) is 0 Å². The Morgan fingerprint density at radius 2 is 2.08 bits per heavy atom. The summed E-state index contributed by atoms with van der Waals surface area (Å²) >= 11 is 0. The van der Waals surface area contributed by atoms with Crippen molar-refractivity contribution in [2.24, 2.45) is 0 Å². The van der Waals surface area contributed by atoms with Gasteiger partial charge < -0.3 is 10.6 Å². The molecule has 0 aliphatic carbocycles. The van der Waals surface area contributed by atoms with Gasteiger partial charge in [0.15, 0.2) is 0 Å². The van der Waals surface area contributed by atoms with Crippen LogP contribution in [0.25, 0.3) is 0 Å². The predicted molar refractivity (Wildman–Crippen MR) is 48.9 cm³/mol. The van der Waals surface area contributed by atoms with Crippen molar-refractivity contribution >= 4 is 0 Å².